The molecule has 0 aromatic rings. The van der Waals surface area contributed by atoms with Crippen LogP contribution in [0.4, 0.5) is 0 Å². The molecule has 0 saturated heterocycles. The van der Waals surface area contributed by atoms with Gasteiger partial charge < -0.3 is 9.84 Å². The lowest BCUT2D eigenvalue weighted by Gasteiger charge is -2.07. The Morgan fingerprint density at radius 2 is 2.00 bits per heavy atom. The highest BCUT2D eigenvalue weighted by Gasteiger charge is 2.01. The van der Waals surface area contributed by atoms with Crippen LogP contribution < -0.4 is 0 Å². The van der Waals surface area contributed by atoms with Crippen molar-refractivity contribution in [1.82, 2.24) is 0 Å². The van der Waals surface area contributed by atoms with Gasteiger partial charge in [-0.3, -0.25) is 0 Å². The van der Waals surface area contributed by atoms with Crippen LogP contribution in [-0.4, -0.2) is 30.3 Å². The minimum absolute atomic E-state index is 0.204. The van der Waals surface area contributed by atoms with Gasteiger partial charge in [0.1, 0.15) is 0 Å². The zero-order valence-corrected chi connectivity index (χ0v) is 9.22. The molecular weight excluding hydrogens is 188 g/mol. The van der Waals surface area contributed by atoms with Gasteiger partial charge in [0.15, 0.2) is 0 Å². The Hall–Kier alpha value is 0.210. The summed E-state index contributed by atoms with van der Waals surface area (Å²) in [6.45, 7) is 3.65. The highest BCUT2D eigenvalue weighted by molar-refractivity contribution is 6.17. The summed E-state index contributed by atoms with van der Waals surface area (Å²) in [5, 5.41) is 9.34. The van der Waals surface area contributed by atoms with Gasteiger partial charge in [-0.05, 0) is 26.2 Å². The third-order valence-electron chi connectivity index (χ3n) is 1.97. The topological polar surface area (TPSA) is 29.5 Å². The number of aliphatic hydroxyl groups excluding tert-OH is 1. The Bertz CT molecular complexity index is 98.9. The Labute approximate surface area is 86.2 Å². The third kappa shape index (κ3) is 10.1. The van der Waals surface area contributed by atoms with Gasteiger partial charge in [0, 0.05) is 19.1 Å². The number of alkyl halides is 1. The molecule has 0 aliphatic rings. The molecule has 0 spiro atoms. The van der Waals surface area contributed by atoms with E-state index in [1.54, 1.807) is 0 Å². The smallest absolute Gasteiger partial charge is 0.0551 e. The van der Waals surface area contributed by atoms with E-state index in [2.05, 4.69) is 0 Å². The lowest BCUT2D eigenvalue weighted by atomic mass is 10.1. The third-order valence-corrected chi connectivity index (χ3v) is 2.19. The predicted molar refractivity (Wildman–Crippen MR) is 56.3 cm³/mol. The molecule has 0 fully saturated rings. The molecular formula is C10H21ClO2. The van der Waals surface area contributed by atoms with Gasteiger partial charge in [-0.2, -0.15) is 0 Å². The van der Waals surface area contributed by atoms with Crippen LogP contribution in [0.25, 0.3) is 0 Å². The summed E-state index contributed by atoms with van der Waals surface area (Å²) in [5.74, 6) is 0.556. The predicted octanol–water partition coefficient (Wildman–Crippen LogP) is 2.57. The summed E-state index contributed by atoms with van der Waals surface area (Å²) in [7, 11) is 0. The Balaban J connectivity index is 2.97. The molecule has 0 unspecified atom stereocenters. The van der Waals surface area contributed by atoms with Crippen LogP contribution >= 0.6 is 11.6 Å². The van der Waals surface area contributed by atoms with Crippen LogP contribution in [0.2, 0.25) is 0 Å². The van der Waals surface area contributed by atoms with E-state index in [0.717, 1.165) is 38.9 Å². The molecule has 0 bridgehead atoms. The van der Waals surface area contributed by atoms with Gasteiger partial charge in [-0.25, -0.2) is 0 Å². The van der Waals surface area contributed by atoms with Crippen molar-refractivity contribution in [1.29, 1.82) is 0 Å². The van der Waals surface area contributed by atoms with Gasteiger partial charge in [0.05, 0.1) is 6.10 Å². The number of halogens is 1. The second-order valence-corrected chi connectivity index (χ2v) is 3.56. The van der Waals surface area contributed by atoms with Crippen LogP contribution in [-0.2, 0) is 4.74 Å². The second-order valence-electron chi connectivity index (χ2n) is 3.18. The fourth-order valence-electron chi connectivity index (χ4n) is 1.18. The fraction of sp³-hybridized carbons (Fsp3) is 1.00. The van der Waals surface area contributed by atoms with E-state index < -0.39 is 0 Å². The molecule has 0 amide bonds. The van der Waals surface area contributed by atoms with E-state index in [1.165, 1.54) is 0 Å². The number of ether oxygens (including phenoxy) is 1. The summed E-state index contributed by atoms with van der Waals surface area (Å²) >= 11 is 5.50. The van der Waals surface area contributed by atoms with Crippen molar-refractivity contribution in [2.45, 2.75) is 45.1 Å². The fourth-order valence-corrected chi connectivity index (χ4v) is 1.43. The van der Waals surface area contributed by atoms with Crippen molar-refractivity contribution >= 4 is 11.6 Å². The highest BCUT2D eigenvalue weighted by atomic mass is 35.5. The summed E-state index contributed by atoms with van der Waals surface area (Å²) in [6.07, 6.45) is 4.70. The van der Waals surface area contributed by atoms with E-state index in [4.69, 9.17) is 16.3 Å². The lowest BCUT2D eigenvalue weighted by Crippen LogP contribution is -2.06. The quantitative estimate of drug-likeness (QED) is 0.466. The first-order valence-electron chi connectivity index (χ1n) is 5.13. The molecule has 3 heteroatoms. The van der Waals surface area contributed by atoms with E-state index in [-0.39, 0.29) is 6.10 Å². The summed E-state index contributed by atoms with van der Waals surface area (Å²) < 4.78 is 5.20. The minimum Gasteiger partial charge on any atom is -0.393 e. The van der Waals surface area contributed by atoms with Crippen LogP contribution in [0.15, 0.2) is 0 Å². The molecule has 0 aromatic carbocycles. The summed E-state index contributed by atoms with van der Waals surface area (Å²) in [4.78, 5) is 0. The Kier molecular flexibility index (Phi) is 10.5. The molecule has 1 N–H and O–H groups in total. The zero-order valence-electron chi connectivity index (χ0n) is 8.47. The van der Waals surface area contributed by atoms with Crippen molar-refractivity contribution < 1.29 is 9.84 Å². The molecule has 1 atom stereocenters. The van der Waals surface area contributed by atoms with Crippen molar-refractivity contribution in [3.8, 4) is 0 Å². The molecule has 0 aliphatic carbocycles. The van der Waals surface area contributed by atoms with Gasteiger partial charge in [0.2, 0.25) is 0 Å². The average Bonchev–Trinajstić information content (AvgIpc) is 2.11. The maximum atomic E-state index is 9.34. The maximum absolute atomic E-state index is 9.34. The Morgan fingerprint density at radius 3 is 2.62 bits per heavy atom. The number of aliphatic hydroxyl groups is 1. The lowest BCUT2D eigenvalue weighted by molar-refractivity contribution is 0.136. The molecule has 0 rings (SSSR count). The van der Waals surface area contributed by atoms with Crippen LogP contribution in [0.1, 0.15) is 39.0 Å². The number of rotatable bonds is 9. The van der Waals surface area contributed by atoms with E-state index in [0.29, 0.717) is 12.3 Å². The number of hydrogen-bond donors (Lipinski definition) is 1. The van der Waals surface area contributed by atoms with Gasteiger partial charge in [0.25, 0.3) is 0 Å². The summed E-state index contributed by atoms with van der Waals surface area (Å²) in [6, 6.07) is 0. The van der Waals surface area contributed by atoms with Gasteiger partial charge in [-0.1, -0.05) is 12.8 Å². The van der Waals surface area contributed by atoms with E-state index in [9.17, 15) is 5.11 Å². The van der Waals surface area contributed by atoms with Crippen LogP contribution in [0.5, 0.6) is 0 Å². The first kappa shape index (κ1) is 13.2. The number of unbranched alkanes of at least 4 members (excludes halogenated alkanes) is 2. The minimum atomic E-state index is -0.204. The maximum Gasteiger partial charge on any atom is 0.0551 e. The molecule has 0 aliphatic heterocycles. The Morgan fingerprint density at radius 1 is 1.23 bits per heavy atom. The standard InChI is InChI=1S/C10H21ClO2/c1-2-13-9-5-3-4-6-10(12)7-8-11/h10,12H,2-9H2,1H3/t10-/m1/s1. The zero-order chi connectivity index (χ0) is 9.94. The molecule has 80 valence electrons. The first-order chi connectivity index (χ1) is 6.31. The summed E-state index contributed by atoms with van der Waals surface area (Å²) in [5.41, 5.74) is 0. The SMILES string of the molecule is CCOCCCCC[C@@H](O)CCCl. The highest BCUT2D eigenvalue weighted by Crippen LogP contribution is 2.07. The van der Waals surface area contributed by atoms with Crippen molar-refractivity contribution in [3.05, 3.63) is 0 Å². The molecule has 0 aromatic heterocycles. The van der Waals surface area contributed by atoms with Gasteiger partial charge >= 0.3 is 0 Å². The molecule has 13 heavy (non-hydrogen) atoms. The van der Waals surface area contributed by atoms with Crippen molar-refractivity contribution in [2.75, 3.05) is 19.1 Å². The first-order valence-corrected chi connectivity index (χ1v) is 5.66. The van der Waals surface area contributed by atoms with Crippen molar-refractivity contribution in [2.24, 2.45) is 0 Å². The van der Waals surface area contributed by atoms with Crippen molar-refractivity contribution in [3.63, 3.8) is 0 Å². The second kappa shape index (κ2) is 10.3. The van der Waals surface area contributed by atoms with E-state index in [1.807, 2.05) is 6.92 Å². The average molecular weight is 209 g/mol. The molecule has 2 nitrogen and oxygen atoms in total. The largest absolute Gasteiger partial charge is 0.393 e. The molecule has 0 saturated carbocycles. The molecule has 0 radical (unpaired) electrons. The van der Waals surface area contributed by atoms with Crippen LogP contribution in [0, 0.1) is 0 Å². The van der Waals surface area contributed by atoms with Crippen LogP contribution in [0.3, 0.4) is 0 Å². The van der Waals surface area contributed by atoms with Gasteiger partial charge in [-0.15, -0.1) is 11.6 Å². The normalized spacial score (nSPS) is 13.2. The monoisotopic (exact) mass is 208 g/mol. The van der Waals surface area contributed by atoms with E-state index >= 15 is 0 Å². The molecule has 0 heterocycles. The number of hydrogen-bond acceptors (Lipinski definition) is 2.